The van der Waals surface area contributed by atoms with E-state index in [4.69, 9.17) is 4.74 Å². The maximum absolute atomic E-state index is 12.6. The van der Waals surface area contributed by atoms with Gasteiger partial charge < -0.3 is 19.9 Å². The fourth-order valence-corrected chi connectivity index (χ4v) is 4.21. The van der Waals surface area contributed by atoms with Crippen LogP contribution >= 0.6 is 0 Å². The summed E-state index contributed by atoms with van der Waals surface area (Å²) in [6, 6.07) is 3.80. The molecule has 3 aliphatic rings. The molecule has 1 aromatic heterocycles. The molecule has 0 aromatic carbocycles. The van der Waals surface area contributed by atoms with Crippen LogP contribution in [0.5, 0.6) is 0 Å². The highest BCUT2D eigenvalue weighted by molar-refractivity contribution is 7.90. The van der Waals surface area contributed by atoms with Crippen LogP contribution in [0, 0.1) is 0 Å². The maximum atomic E-state index is 12.6. The molecule has 0 unspecified atom stereocenters. The van der Waals surface area contributed by atoms with Crippen LogP contribution in [0.4, 0.5) is 5.82 Å². The largest absolute Gasteiger partial charge is 0.378 e. The van der Waals surface area contributed by atoms with E-state index in [9.17, 15) is 13.2 Å². The van der Waals surface area contributed by atoms with Crippen molar-refractivity contribution < 1.29 is 17.9 Å². The van der Waals surface area contributed by atoms with Crippen LogP contribution in [0.15, 0.2) is 46.7 Å². The minimum Gasteiger partial charge on any atom is -0.378 e. The van der Waals surface area contributed by atoms with Crippen molar-refractivity contribution in [3.05, 3.63) is 47.8 Å². The van der Waals surface area contributed by atoms with E-state index in [0.29, 0.717) is 31.2 Å². The number of carbonyl (C=O) groups excluding carboxylic acids is 1. The van der Waals surface area contributed by atoms with Gasteiger partial charge in [0.1, 0.15) is 11.7 Å². The number of hydrogen-bond acceptors (Lipinski definition) is 7. The molecule has 1 saturated heterocycles. The molecule has 4 rings (SSSR count). The standard InChI is InChI=1S/C18H21N5O4S/c24-18(15-3-4-16-21-28(25,26)11-8-23(16)13-15)20-12-14-2-1-5-19-17(14)22-6-9-27-10-7-22/h1-5,13H,6-12H2,(H,20,24). The average molecular weight is 403 g/mol. The van der Waals surface area contributed by atoms with Crippen LogP contribution in [0.3, 0.4) is 0 Å². The summed E-state index contributed by atoms with van der Waals surface area (Å²) in [5, 5.41) is 2.92. The molecule has 0 bridgehead atoms. The molecule has 148 valence electrons. The third-order valence-corrected chi connectivity index (χ3v) is 5.87. The van der Waals surface area contributed by atoms with Crippen LogP contribution in [-0.4, -0.2) is 68.6 Å². The Kier molecular flexibility index (Phi) is 5.14. The minimum absolute atomic E-state index is 0.0612. The molecule has 4 heterocycles. The fraction of sp³-hybridized carbons (Fsp3) is 0.389. The highest BCUT2D eigenvalue weighted by Gasteiger charge is 2.25. The first-order valence-corrected chi connectivity index (χ1v) is 10.7. The first-order valence-electron chi connectivity index (χ1n) is 9.06. The summed E-state index contributed by atoms with van der Waals surface area (Å²) in [6.45, 7) is 3.49. The van der Waals surface area contributed by atoms with Gasteiger partial charge in [0.25, 0.3) is 15.9 Å². The molecule has 0 aliphatic carbocycles. The van der Waals surface area contributed by atoms with Gasteiger partial charge in [-0.3, -0.25) is 4.79 Å². The van der Waals surface area contributed by atoms with Crippen molar-refractivity contribution in [1.82, 2.24) is 15.2 Å². The van der Waals surface area contributed by atoms with Crippen LogP contribution in [0.25, 0.3) is 0 Å². The molecule has 0 atom stereocenters. The third kappa shape index (κ3) is 4.07. The number of amides is 1. The Labute approximate surface area is 163 Å². The number of carbonyl (C=O) groups is 1. The van der Waals surface area contributed by atoms with Crippen molar-refractivity contribution in [3.8, 4) is 0 Å². The number of amidine groups is 1. The number of anilines is 1. The number of rotatable bonds is 4. The number of aromatic nitrogens is 1. The van der Waals surface area contributed by atoms with Gasteiger partial charge in [0.15, 0.2) is 0 Å². The van der Waals surface area contributed by atoms with E-state index in [1.807, 2.05) is 12.1 Å². The highest BCUT2D eigenvalue weighted by atomic mass is 32.2. The lowest BCUT2D eigenvalue weighted by Crippen LogP contribution is -2.38. The van der Waals surface area contributed by atoms with Gasteiger partial charge >= 0.3 is 0 Å². The van der Waals surface area contributed by atoms with E-state index in [2.05, 4.69) is 19.6 Å². The number of nitrogens with one attached hydrogen (secondary N) is 1. The second kappa shape index (κ2) is 7.72. The van der Waals surface area contributed by atoms with Crippen molar-refractivity contribution in [3.63, 3.8) is 0 Å². The number of pyridine rings is 1. The summed E-state index contributed by atoms with van der Waals surface area (Å²) in [6.07, 6.45) is 6.51. The summed E-state index contributed by atoms with van der Waals surface area (Å²) >= 11 is 0. The zero-order valence-corrected chi connectivity index (χ0v) is 16.1. The first-order chi connectivity index (χ1) is 13.5. The van der Waals surface area contributed by atoms with Crippen molar-refractivity contribution in [1.29, 1.82) is 0 Å². The lowest BCUT2D eigenvalue weighted by atomic mass is 10.1. The Bertz CT molecular complexity index is 964. The summed E-state index contributed by atoms with van der Waals surface area (Å²) in [4.78, 5) is 20.9. The van der Waals surface area contributed by atoms with E-state index < -0.39 is 10.0 Å². The molecule has 3 aliphatic heterocycles. The lowest BCUT2D eigenvalue weighted by molar-refractivity contribution is -0.117. The van der Waals surface area contributed by atoms with Crippen LogP contribution in [0.1, 0.15) is 5.56 Å². The predicted octanol–water partition coefficient (Wildman–Crippen LogP) is 0.0320. The SMILES string of the molecule is O=C(NCc1cccnc1N1CCOCC1)C1=CN2CCS(=O)(=O)N=C2C=C1. The Hall–Kier alpha value is -2.72. The van der Waals surface area contributed by atoms with Gasteiger partial charge in [0.2, 0.25) is 0 Å². The summed E-state index contributed by atoms with van der Waals surface area (Å²) in [7, 11) is -3.41. The zero-order chi connectivity index (χ0) is 19.6. The van der Waals surface area contributed by atoms with Gasteiger partial charge in [0.05, 0.1) is 24.5 Å². The molecule has 1 N–H and O–H groups in total. The predicted molar refractivity (Wildman–Crippen MR) is 104 cm³/mol. The molecular formula is C18H21N5O4S. The highest BCUT2D eigenvalue weighted by Crippen LogP contribution is 2.19. The number of hydrogen-bond donors (Lipinski definition) is 1. The Balaban J connectivity index is 1.43. The lowest BCUT2D eigenvalue weighted by Gasteiger charge is -2.29. The van der Waals surface area contributed by atoms with E-state index in [1.54, 1.807) is 29.4 Å². The Morgan fingerprint density at radius 2 is 2.04 bits per heavy atom. The molecule has 1 fully saturated rings. The molecule has 28 heavy (non-hydrogen) atoms. The Morgan fingerprint density at radius 1 is 1.21 bits per heavy atom. The number of nitrogens with zero attached hydrogens (tertiary/aromatic N) is 4. The molecule has 1 aromatic rings. The topological polar surface area (TPSA) is 104 Å². The quantitative estimate of drug-likeness (QED) is 0.756. The van der Waals surface area contributed by atoms with Gasteiger partial charge in [-0.1, -0.05) is 6.07 Å². The Morgan fingerprint density at radius 3 is 2.86 bits per heavy atom. The van der Waals surface area contributed by atoms with Gasteiger partial charge in [-0.25, -0.2) is 13.4 Å². The van der Waals surface area contributed by atoms with Crippen molar-refractivity contribution >= 4 is 27.6 Å². The second-order valence-corrected chi connectivity index (χ2v) is 8.37. The van der Waals surface area contributed by atoms with Crippen LogP contribution in [0.2, 0.25) is 0 Å². The van der Waals surface area contributed by atoms with Crippen molar-refractivity contribution in [2.45, 2.75) is 6.54 Å². The van der Waals surface area contributed by atoms with Crippen LogP contribution < -0.4 is 10.2 Å². The summed E-state index contributed by atoms with van der Waals surface area (Å²) in [5.74, 6) is 0.897. The second-order valence-electron chi connectivity index (χ2n) is 6.61. The maximum Gasteiger partial charge on any atom is 0.256 e. The van der Waals surface area contributed by atoms with E-state index >= 15 is 0 Å². The first kappa shape index (κ1) is 18.6. The van der Waals surface area contributed by atoms with Gasteiger partial charge in [0, 0.05) is 44.1 Å². The molecule has 0 radical (unpaired) electrons. The monoisotopic (exact) mass is 403 g/mol. The van der Waals surface area contributed by atoms with Crippen molar-refractivity contribution in [2.75, 3.05) is 43.5 Å². The van der Waals surface area contributed by atoms with E-state index in [0.717, 1.165) is 24.5 Å². The average Bonchev–Trinajstić information content (AvgIpc) is 2.72. The van der Waals surface area contributed by atoms with Crippen molar-refractivity contribution in [2.24, 2.45) is 4.40 Å². The number of ether oxygens (including phenoxy) is 1. The zero-order valence-electron chi connectivity index (χ0n) is 15.2. The third-order valence-electron chi connectivity index (χ3n) is 4.70. The van der Waals surface area contributed by atoms with E-state index in [1.165, 1.54) is 0 Å². The minimum atomic E-state index is -3.41. The van der Waals surface area contributed by atoms with Gasteiger partial charge in [-0.2, -0.15) is 0 Å². The van der Waals surface area contributed by atoms with Gasteiger partial charge in [-0.15, -0.1) is 4.40 Å². The number of fused-ring (bicyclic) bond motifs is 1. The molecule has 0 spiro atoms. The van der Waals surface area contributed by atoms with Crippen LogP contribution in [-0.2, 0) is 26.1 Å². The number of morpholine rings is 1. The van der Waals surface area contributed by atoms with E-state index in [-0.39, 0.29) is 18.2 Å². The molecule has 9 nitrogen and oxygen atoms in total. The molecular weight excluding hydrogens is 382 g/mol. The normalized spacial score (nSPS) is 20.9. The number of sulfonamides is 1. The fourth-order valence-electron chi connectivity index (χ4n) is 3.24. The summed E-state index contributed by atoms with van der Waals surface area (Å²) in [5.41, 5.74) is 1.39. The molecule has 0 saturated carbocycles. The summed E-state index contributed by atoms with van der Waals surface area (Å²) < 4.78 is 32.3. The molecule has 1 amide bonds. The molecule has 10 heteroatoms. The smallest absolute Gasteiger partial charge is 0.256 e. The van der Waals surface area contributed by atoms with Gasteiger partial charge in [-0.05, 0) is 18.2 Å².